The molecule has 8 nitrogen and oxygen atoms in total. The van der Waals surface area contributed by atoms with Gasteiger partial charge in [0.1, 0.15) is 6.07 Å². The van der Waals surface area contributed by atoms with E-state index < -0.39 is 6.04 Å². The lowest BCUT2D eigenvalue weighted by Crippen LogP contribution is -2.45. The molecule has 3 N–H and O–H groups in total. The molecular formula is C22H25N5O3. The summed E-state index contributed by atoms with van der Waals surface area (Å²) in [5, 5.41) is 17.3. The van der Waals surface area contributed by atoms with Gasteiger partial charge >= 0.3 is 0 Å². The van der Waals surface area contributed by atoms with E-state index in [4.69, 9.17) is 5.26 Å². The van der Waals surface area contributed by atoms with Crippen molar-refractivity contribution < 1.29 is 14.4 Å². The Labute approximate surface area is 175 Å². The molecule has 156 valence electrons. The number of anilines is 3. The Balaban J connectivity index is 1.96. The van der Waals surface area contributed by atoms with Crippen LogP contribution in [0.4, 0.5) is 17.1 Å². The van der Waals surface area contributed by atoms with E-state index in [-0.39, 0.29) is 24.3 Å². The Bertz CT molecular complexity index is 950. The maximum Gasteiger partial charge on any atom is 0.241 e. The number of carbonyl (C=O) groups is 3. The monoisotopic (exact) mass is 407 g/mol. The molecule has 1 atom stereocenters. The van der Waals surface area contributed by atoms with Crippen molar-refractivity contribution in [2.24, 2.45) is 0 Å². The smallest absolute Gasteiger partial charge is 0.241 e. The third-order valence-corrected chi connectivity index (χ3v) is 4.47. The molecule has 0 aliphatic rings. The van der Waals surface area contributed by atoms with Crippen molar-refractivity contribution in [1.29, 1.82) is 5.26 Å². The summed E-state index contributed by atoms with van der Waals surface area (Å²) in [5.74, 6) is -0.733. The van der Waals surface area contributed by atoms with Crippen molar-refractivity contribution in [3.8, 4) is 6.07 Å². The molecule has 0 aliphatic heterocycles. The number of likely N-dealkylation sites (N-methyl/N-ethyl adjacent to an activating group) is 1. The van der Waals surface area contributed by atoms with Crippen molar-refractivity contribution in [2.45, 2.75) is 26.8 Å². The van der Waals surface area contributed by atoms with Gasteiger partial charge in [-0.25, -0.2) is 0 Å². The van der Waals surface area contributed by atoms with Gasteiger partial charge in [-0.3, -0.25) is 19.3 Å². The van der Waals surface area contributed by atoms with Gasteiger partial charge in [-0.05, 0) is 49.9 Å². The number of para-hydroxylation sites is 1. The molecule has 8 heteroatoms. The maximum absolute atomic E-state index is 12.6. The molecule has 0 bridgehead atoms. The zero-order valence-electron chi connectivity index (χ0n) is 17.2. The minimum Gasteiger partial charge on any atom is -0.326 e. The fraction of sp³-hybridized carbons (Fsp3) is 0.273. The van der Waals surface area contributed by atoms with Crippen molar-refractivity contribution in [1.82, 2.24) is 4.90 Å². The van der Waals surface area contributed by atoms with E-state index in [1.807, 2.05) is 13.0 Å². The second kappa shape index (κ2) is 10.7. The number of hydrogen-bond acceptors (Lipinski definition) is 5. The standard InChI is InChI=1S/C22H25N5O3/c1-4-27(15(2)22(30)26-20-8-6-5-7-17(20)13-23)14-21(29)25-19-11-9-18(10-12-19)24-16(3)28/h5-12,15H,4,14H2,1-3H3,(H,24,28)(H,25,29)(H,26,30)/t15-/m1/s1. The van der Waals surface area contributed by atoms with Gasteiger partial charge < -0.3 is 16.0 Å². The number of carbonyl (C=O) groups excluding carboxylic acids is 3. The zero-order valence-corrected chi connectivity index (χ0v) is 17.2. The highest BCUT2D eigenvalue weighted by Crippen LogP contribution is 2.16. The van der Waals surface area contributed by atoms with Gasteiger partial charge in [-0.2, -0.15) is 5.26 Å². The minimum absolute atomic E-state index is 0.0262. The minimum atomic E-state index is -0.574. The first-order chi connectivity index (χ1) is 14.3. The van der Waals surface area contributed by atoms with Gasteiger partial charge in [0, 0.05) is 18.3 Å². The summed E-state index contributed by atoms with van der Waals surface area (Å²) in [6.45, 7) is 5.51. The van der Waals surface area contributed by atoms with Crippen LogP contribution in [0.15, 0.2) is 48.5 Å². The Hall–Kier alpha value is -3.70. The van der Waals surface area contributed by atoms with Crippen molar-refractivity contribution in [3.05, 3.63) is 54.1 Å². The Morgan fingerprint density at radius 2 is 1.60 bits per heavy atom. The molecular weight excluding hydrogens is 382 g/mol. The molecule has 2 aromatic carbocycles. The van der Waals surface area contributed by atoms with Crippen LogP contribution in [-0.2, 0) is 14.4 Å². The largest absolute Gasteiger partial charge is 0.326 e. The van der Waals surface area contributed by atoms with Crippen LogP contribution in [0.1, 0.15) is 26.3 Å². The number of benzene rings is 2. The van der Waals surface area contributed by atoms with E-state index in [1.165, 1.54) is 6.92 Å². The number of amides is 3. The second-order valence-electron chi connectivity index (χ2n) is 6.69. The highest BCUT2D eigenvalue weighted by Gasteiger charge is 2.23. The van der Waals surface area contributed by atoms with E-state index in [1.54, 1.807) is 60.4 Å². The molecule has 2 rings (SSSR count). The molecule has 0 saturated carbocycles. The summed E-state index contributed by atoms with van der Waals surface area (Å²) in [6.07, 6.45) is 0. The van der Waals surface area contributed by atoms with Gasteiger partial charge in [-0.15, -0.1) is 0 Å². The fourth-order valence-electron chi connectivity index (χ4n) is 2.84. The van der Waals surface area contributed by atoms with E-state index in [0.29, 0.717) is 29.2 Å². The van der Waals surface area contributed by atoms with Crippen LogP contribution in [0.3, 0.4) is 0 Å². The molecule has 0 aliphatic carbocycles. The number of rotatable bonds is 8. The zero-order chi connectivity index (χ0) is 22.1. The highest BCUT2D eigenvalue weighted by molar-refractivity contribution is 5.97. The number of nitrogens with zero attached hydrogens (tertiary/aromatic N) is 2. The van der Waals surface area contributed by atoms with Crippen molar-refractivity contribution in [3.63, 3.8) is 0 Å². The van der Waals surface area contributed by atoms with Crippen LogP contribution < -0.4 is 16.0 Å². The van der Waals surface area contributed by atoms with Crippen LogP contribution >= 0.6 is 0 Å². The summed E-state index contributed by atoms with van der Waals surface area (Å²) in [7, 11) is 0. The van der Waals surface area contributed by atoms with E-state index in [0.717, 1.165) is 0 Å². The molecule has 30 heavy (non-hydrogen) atoms. The van der Waals surface area contributed by atoms with E-state index in [2.05, 4.69) is 16.0 Å². The van der Waals surface area contributed by atoms with Crippen molar-refractivity contribution in [2.75, 3.05) is 29.0 Å². The molecule has 3 amide bonds. The van der Waals surface area contributed by atoms with E-state index >= 15 is 0 Å². The lowest BCUT2D eigenvalue weighted by molar-refractivity contribution is -0.123. The fourth-order valence-corrected chi connectivity index (χ4v) is 2.84. The average molecular weight is 407 g/mol. The first-order valence-electron chi connectivity index (χ1n) is 9.55. The van der Waals surface area contributed by atoms with E-state index in [9.17, 15) is 14.4 Å². The predicted octanol–water partition coefficient (Wildman–Crippen LogP) is 2.80. The normalized spacial score (nSPS) is 11.3. The summed E-state index contributed by atoms with van der Waals surface area (Å²) in [5.41, 5.74) is 2.04. The third-order valence-electron chi connectivity index (χ3n) is 4.47. The number of hydrogen-bond donors (Lipinski definition) is 3. The molecule has 0 spiro atoms. The molecule has 0 fully saturated rings. The van der Waals surface area contributed by atoms with Gasteiger partial charge in [0.2, 0.25) is 17.7 Å². The highest BCUT2D eigenvalue weighted by atomic mass is 16.2. The molecule has 0 aromatic heterocycles. The summed E-state index contributed by atoms with van der Waals surface area (Å²) >= 11 is 0. The summed E-state index contributed by atoms with van der Waals surface area (Å²) < 4.78 is 0. The Morgan fingerprint density at radius 1 is 1.00 bits per heavy atom. The third kappa shape index (κ3) is 6.43. The van der Waals surface area contributed by atoms with Gasteiger partial charge in [-0.1, -0.05) is 19.1 Å². The first-order valence-corrected chi connectivity index (χ1v) is 9.55. The van der Waals surface area contributed by atoms with Gasteiger partial charge in [0.15, 0.2) is 0 Å². The summed E-state index contributed by atoms with van der Waals surface area (Å²) in [4.78, 5) is 37.8. The molecule has 0 saturated heterocycles. The Kier molecular flexibility index (Phi) is 8.08. The average Bonchev–Trinajstić information content (AvgIpc) is 2.73. The topological polar surface area (TPSA) is 114 Å². The van der Waals surface area contributed by atoms with Crippen molar-refractivity contribution >= 4 is 34.8 Å². The lowest BCUT2D eigenvalue weighted by atomic mass is 10.1. The van der Waals surface area contributed by atoms with Crippen LogP contribution in [0.25, 0.3) is 0 Å². The quantitative estimate of drug-likeness (QED) is 0.623. The molecule has 2 aromatic rings. The SMILES string of the molecule is CCN(CC(=O)Nc1ccc(NC(C)=O)cc1)[C@H](C)C(=O)Nc1ccccc1C#N. The Morgan fingerprint density at radius 3 is 2.17 bits per heavy atom. The number of nitrogens with one attached hydrogen (secondary N) is 3. The van der Waals surface area contributed by atoms with Crippen LogP contribution in [0.2, 0.25) is 0 Å². The number of nitriles is 1. The molecule has 0 unspecified atom stereocenters. The maximum atomic E-state index is 12.6. The van der Waals surface area contributed by atoms with Gasteiger partial charge in [0.05, 0.1) is 23.8 Å². The predicted molar refractivity (Wildman–Crippen MR) is 116 cm³/mol. The van der Waals surface area contributed by atoms with Crippen LogP contribution in [-0.4, -0.2) is 41.8 Å². The van der Waals surface area contributed by atoms with Crippen LogP contribution in [0, 0.1) is 11.3 Å². The van der Waals surface area contributed by atoms with Crippen LogP contribution in [0.5, 0.6) is 0 Å². The molecule has 0 heterocycles. The molecule has 0 radical (unpaired) electrons. The first kappa shape index (κ1) is 22.6. The second-order valence-corrected chi connectivity index (χ2v) is 6.69. The summed E-state index contributed by atoms with van der Waals surface area (Å²) in [6, 6.07) is 15.0. The lowest BCUT2D eigenvalue weighted by Gasteiger charge is -2.26. The van der Waals surface area contributed by atoms with Gasteiger partial charge in [0.25, 0.3) is 0 Å².